The minimum atomic E-state index is 0.715. The van der Waals surface area contributed by atoms with Crippen LogP contribution in [0.25, 0.3) is 22.5 Å². The summed E-state index contributed by atoms with van der Waals surface area (Å²) in [5, 5.41) is 0. The van der Waals surface area contributed by atoms with E-state index in [1.807, 2.05) is 36.7 Å². The maximum atomic E-state index is 5.70. The fourth-order valence-corrected chi connectivity index (χ4v) is 3.57. The number of rotatable bonds is 12. The second-order valence-corrected chi connectivity index (χ2v) is 8.57. The van der Waals surface area contributed by atoms with Crippen molar-refractivity contribution in [2.24, 2.45) is 5.92 Å². The molecule has 0 bridgehead atoms. The van der Waals surface area contributed by atoms with E-state index >= 15 is 0 Å². The molecular formula is C29H36N2O. The molecule has 0 aliphatic rings. The van der Waals surface area contributed by atoms with Crippen LogP contribution in [0.2, 0.25) is 0 Å². The number of aromatic nitrogens is 2. The topological polar surface area (TPSA) is 35.0 Å². The predicted molar refractivity (Wildman–Crippen MR) is 135 cm³/mol. The van der Waals surface area contributed by atoms with Crippen LogP contribution in [0.4, 0.5) is 0 Å². The van der Waals surface area contributed by atoms with Gasteiger partial charge in [0.2, 0.25) is 0 Å². The Morgan fingerprint density at radius 1 is 0.812 bits per heavy atom. The lowest BCUT2D eigenvalue weighted by Crippen LogP contribution is -1.97. The van der Waals surface area contributed by atoms with Gasteiger partial charge in [-0.2, -0.15) is 0 Å². The Kier molecular flexibility index (Phi) is 9.49. The molecule has 0 saturated carbocycles. The molecule has 0 aliphatic carbocycles. The van der Waals surface area contributed by atoms with E-state index < -0.39 is 0 Å². The normalized spacial score (nSPS) is 12.2. The summed E-state index contributed by atoms with van der Waals surface area (Å²) in [4.78, 5) is 9.17. The van der Waals surface area contributed by atoms with Crippen molar-refractivity contribution in [1.82, 2.24) is 9.97 Å². The van der Waals surface area contributed by atoms with Crippen molar-refractivity contribution < 1.29 is 4.74 Å². The largest absolute Gasteiger partial charge is 0.465 e. The molecule has 3 rings (SSSR count). The van der Waals surface area contributed by atoms with Gasteiger partial charge in [-0.1, -0.05) is 70.7 Å². The first-order valence-corrected chi connectivity index (χ1v) is 12.0. The van der Waals surface area contributed by atoms with E-state index in [4.69, 9.17) is 4.74 Å². The zero-order chi connectivity index (χ0) is 22.6. The zero-order valence-electron chi connectivity index (χ0n) is 19.8. The van der Waals surface area contributed by atoms with Gasteiger partial charge in [0.05, 0.1) is 6.26 Å². The van der Waals surface area contributed by atoms with Crippen LogP contribution in [-0.2, 0) is 6.42 Å². The molecule has 0 radical (unpaired) electrons. The molecule has 168 valence electrons. The van der Waals surface area contributed by atoms with E-state index in [9.17, 15) is 0 Å². The molecule has 0 spiro atoms. The number of benzene rings is 2. The number of hydrogen-bond acceptors (Lipinski definition) is 3. The van der Waals surface area contributed by atoms with Crippen molar-refractivity contribution in [2.45, 2.75) is 65.7 Å². The van der Waals surface area contributed by atoms with Crippen LogP contribution in [0.15, 0.2) is 73.3 Å². The van der Waals surface area contributed by atoms with Gasteiger partial charge in [0.15, 0.2) is 5.82 Å². The van der Waals surface area contributed by atoms with E-state index in [-0.39, 0.29) is 0 Å². The summed E-state index contributed by atoms with van der Waals surface area (Å²) in [5.74, 6) is 2.26. The Bertz CT molecular complexity index is 944. The molecular weight excluding hydrogens is 392 g/mol. The Labute approximate surface area is 193 Å². The Balaban J connectivity index is 1.55. The third-order valence-corrected chi connectivity index (χ3v) is 5.86. The van der Waals surface area contributed by atoms with Gasteiger partial charge in [0.1, 0.15) is 5.75 Å². The molecule has 3 heteroatoms. The summed E-state index contributed by atoms with van der Waals surface area (Å²) in [6, 6.07) is 16.7. The lowest BCUT2D eigenvalue weighted by Gasteiger charge is -2.09. The van der Waals surface area contributed by atoms with Crippen LogP contribution >= 0.6 is 0 Å². The zero-order valence-corrected chi connectivity index (χ0v) is 19.8. The van der Waals surface area contributed by atoms with Crippen molar-refractivity contribution in [2.75, 3.05) is 0 Å². The lowest BCUT2D eigenvalue weighted by atomic mass is 9.97. The molecule has 2 aromatic carbocycles. The van der Waals surface area contributed by atoms with Crippen LogP contribution in [0.1, 0.15) is 64.9 Å². The van der Waals surface area contributed by atoms with Gasteiger partial charge in [-0.25, -0.2) is 9.97 Å². The van der Waals surface area contributed by atoms with Crippen molar-refractivity contribution in [3.63, 3.8) is 0 Å². The third kappa shape index (κ3) is 7.33. The quantitative estimate of drug-likeness (QED) is 0.215. The fraction of sp³-hybridized carbons (Fsp3) is 0.379. The van der Waals surface area contributed by atoms with Crippen molar-refractivity contribution in [3.8, 4) is 28.3 Å². The highest BCUT2D eigenvalue weighted by Gasteiger charge is 2.05. The summed E-state index contributed by atoms with van der Waals surface area (Å²) in [6.45, 7) is 6.77. The van der Waals surface area contributed by atoms with Gasteiger partial charge >= 0.3 is 0 Å². The first-order valence-electron chi connectivity index (χ1n) is 12.0. The Morgan fingerprint density at radius 3 is 2.16 bits per heavy atom. The standard InChI is InChI=1S/C29H36N2O/c1-4-6-7-8-9-10-19-32-28-17-15-26(16-18-28)29-30-21-27(22-31-29)25-13-11-24(12-14-25)20-23(3)5-2/h10-19,21-23H,4-9,20H2,1-3H3. The number of unbranched alkanes of at least 4 members (excludes halogenated alkanes) is 4. The van der Waals surface area contributed by atoms with Crippen LogP contribution in [0.5, 0.6) is 5.75 Å². The molecule has 1 atom stereocenters. The van der Waals surface area contributed by atoms with E-state index in [0.717, 1.165) is 41.1 Å². The summed E-state index contributed by atoms with van der Waals surface area (Å²) >= 11 is 0. The van der Waals surface area contributed by atoms with Gasteiger partial charge in [0.25, 0.3) is 0 Å². The number of ether oxygens (including phenoxy) is 1. The summed E-state index contributed by atoms with van der Waals surface area (Å²) < 4.78 is 5.70. The molecule has 0 aliphatic heterocycles. The molecule has 1 unspecified atom stereocenters. The van der Waals surface area contributed by atoms with Gasteiger partial charge < -0.3 is 4.74 Å². The SMILES string of the molecule is CCCCCCC=COc1ccc(-c2ncc(-c3ccc(CC(C)CC)cc3)cn2)cc1. The highest BCUT2D eigenvalue weighted by Crippen LogP contribution is 2.23. The van der Waals surface area contributed by atoms with Gasteiger partial charge in [-0.15, -0.1) is 0 Å². The molecule has 3 nitrogen and oxygen atoms in total. The van der Waals surface area contributed by atoms with Gasteiger partial charge in [-0.05, 0) is 66.6 Å². The van der Waals surface area contributed by atoms with Crippen molar-refractivity contribution in [3.05, 3.63) is 78.8 Å². The average Bonchev–Trinajstić information content (AvgIpc) is 2.84. The molecule has 0 amide bonds. The second-order valence-electron chi connectivity index (χ2n) is 8.57. The van der Waals surface area contributed by atoms with Gasteiger partial charge in [0, 0.05) is 23.5 Å². The average molecular weight is 429 g/mol. The van der Waals surface area contributed by atoms with Gasteiger partial charge in [-0.3, -0.25) is 0 Å². The Hall–Kier alpha value is -2.94. The van der Waals surface area contributed by atoms with E-state index in [0.29, 0.717) is 5.92 Å². The number of allylic oxidation sites excluding steroid dienone is 1. The smallest absolute Gasteiger partial charge is 0.159 e. The Morgan fingerprint density at radius 2 is 1.50 bits per heavy atom. The van der Waals surface area contributed by atoms with E-state index in [1.54, 1.807) is 6.26 Å². The minimum absolute atomic E-state index is 0.715. The third-order valence-electron chi connectivity index (χ3n) is 5.86. The fourth-order valence-electron chi connectivity index (χ4n) is 3.57. The highest BCUT2D eigenvalue weighted by molar-refractivity contribution is 5.64. The summed E-state index contributed by atoms with van der Waals surface area (Å²) in [7, 11) is 0. The molecule has 1 aromatic heterocycles. The summed E-state index contributed by atoms with van der Waals surface area (Å²) in [5.41, 5.74) is 4.55. The minimum Gasteiger partial charge on any atom is -0.465 e. The molecule has 0 N–H and O–H groups in total. The summed E-state index contributed by atoms with van der Waals surface area (Å²) in [6.07, 6.45) is 16.2. The van der Waals surface area contributed by atoms with Crippen molar-refractivity contribution >= 4 is 0 Å². The highest BCUT2D eigenvalue weighted by atomic mass is 16.5. The maximum absolute atomic E-state index is 5.70. The van der Waals surface area contributed by atoms with Crippen LogP contribution < -0.4 is 4.74 Å². The van der Waals surface area contributed by atoms with E-state index in [1.165, 1.54) is 37.7 Å². The first kappa shape index (κ1) is 23.7. The number of hydrogen-bond donors (Lipinski definition) is 0. The van der Waals surface area contributed by atoms with Crippen LogP contribution in [0.3, 0.4) is 0 Å². The maximum Gasteiger partial charge on any atom is 0.159 e. The van der Waals surface area contributed by atoms with Crippen molar-refractivity contribution in [1.29, 1.82) is 0 Å². The molecule has 32 heavy (non-hydrogen) atoms. The van der Waals surface area contributed by atoms with Crippen LogP contribution in [-0.4, -0.2) is 9.97 Å². The van der Waals surface area contributed by atoms with E-state index in [2.05, 4.69) is 61.1 Å². The predicted octanol–water partition coefficient (Wildman–Crippen LogP) is 8.26. The first-order chi connectivity index (χ1) is 15.7. The molecule has 1 heterocycles. The lowest BCUT2D eigenvalue weighted by molar-refractivity contribution is 0.477. The molecule has 0 saturated heterocycles. The molecule has 0 fully saturated rings. The second kappa shape index (κ2) is 12.8. The molecule has 3 aromatic rings. The number of nitrogens with zero attached hydrogens (tertiary/aromatic N) is 2. The van der Waals surface area contributed by atoms with Crippen LogP contribution in [0, 0.1) is 5.92 Å². The monoisotopic (exact) mass is 428 g/mol.